The Hall–Kier alpha value is -2.62. The molecule has 134 valence electrons. The van der Waals surface area contributed by atoms with Crippen LogP contribution in [0.25, 0.3) is 0 Å². The first-order valence-electron chi connectivity index (χ1n) is 7.50. The van der Waals surface area contributed by atoms with E-state index in [4.69, 9.17) is 9.15 Å². The van der Waals surface area contributed by atoms with Crippen molar-refractivity contribution < 1.29 is 13.9 Å². The van der Waals surface area contributed by atoms with Gasteiger partial charge in [-0.05, 0) is 13.8 Å². The van der Waals surface area contributed by atoms with Crippen molar-refractivity contribution in [1.29, 1.82) is 0 Å². The van der Waals surface area contributed by atoms with E-state index in [9.17, 15) is 14.4 Å². The number of thioether (sulfide) groups is 1. The third-order valence-electron chi connectivity index (χ3n) is 3.20. The average Bonchev–Trinajstić information content (AvgIpc) is 3.01. The lowest BCUT2D eigenvalue weighted by Crippen LogP contribution is -2.37. The number of nitrogens with one attached hydrogen (secondary N) is 1. The lowest BCUT2D eigenvalue weighted by molar-refractivity contribution is -0.139. The number of aromatic amines is 1. The number of carbonyl (C=O) groups excluding carboxylic acids is 1. The molecule has 0 spiro atoms. The molecule has 9 nitrogen and oxygen atoms in total. The third kappa shape index (κ3) is 4.69. The summed E-state index contributed by atoms with van der Waals surface area (Å²) in [6.45, 7) is 7.29. The summed E-state index contributed by atoms with van der Waals surface area (Å²) in [5, 5.41) is 7.89. The molecule has 2 aromatic rings. The molecule has 0 aliphatic carbocycles. The molecule has 0 bridgehead atoms. The van der Waals surface area contributed by atoms with Crippen LogP contribution in [0.2, 0.25) is 0 Å². The highest BCUT2D eigenvalue weighted by molar-refractivity contribution is 7.99. The maximum atomic E-state index is 12.4. The zero-order valence-electron chi connectivity index (χ0n) is 13.9. The second-order valence-corrected chi connectivity index (χ2v) is 5.90. The monoisotopic (exact) mass is 366 g/mol. The van der Waals surface area contributed by atoms with Crippen LogP contribution in [-0.4, -0.2) is 38.1 Å². The fourth-order valence-electron chi connectivity index (χ4n) is 2.06. The minimum Gasteiger partial charge on any atom is -0.465 e. The molecule has 0 fully saturated rings. The number of nitrogens with zero attached hydrogens (tertiary/aromatic N) is 3. The molecule has 2 heterocycles. The third-order valence-corrected chi connectivity index (χ3v) is 3.99. The van der Waals surface area contributed by atoms with Crippen LogP contribution < -0.4 is 11.2 Å². The van der Waals surface area contributed by atoms with Crippen LogP contribution in [0.4, 0.5) is 0 Å². The number of rotatable bonds is 8. The summed E-state index contributed by atoms with van der Waals surface area (Å²) in [5.41, 5.74) is -0.135. The first-order chi connectivity index (χ1) is 12.0. The van der Waals surface area contributed by atoms with Crippen LogP contribution in [0.1, 0.15) is 24.1 Å². The number of ether oxygens (including phenoxy) is 1. The molecule has 0 amide bonds. The van der Waals surface area contributed by atoms with Gasteiger partial charge in [0.25, 0.3) is 10.8 Å². The van der Waals surface area contributed by atoms with E-state index in [0.29, 0.717) is 17.9 Å². The summed E-state index contributed by atoms with van der Waals surface area (Å²) in [6, 6.07) is 0. The van der Waals surface area contributed by atoms with E-state index in [1.165, 1.54) is 6.08 Å². The fraction of sp³-hybridized carbons (Fsp3) is 0.400. The van der Waals surface area contributed by atoms with E-state index in [2.05, 4.69) is 21.8 Å². The van der Waals surface area contributed by atoms with Gasteiger partial charge in [0.1, 0.15) is 5.75 Å². The van der Waals surface area contributed by atoms with Gasteiger partial charge in [0.15, 0.2) is 0 Å². The smallest absolute Gasteiger partial charge is 0.328 e. The lowest BCUT2D eigenvalue weighted by atomic mass is 10.1. The Morgan fingerprint density at radius 3 is 2.88 bits per heavy atom. The summed E-state index contributed by atoms with van der Waals surface area (Å²) >= 11 is 1.05. The Bertz CT molecular complexity index is 883. The highest BCUT2D eigenvalue weighted by Crippen LogP contribution is 2.17. The van der Waals surface area contributed by atoms with Crippen LogP contribution in [0, 0.1) is 6.92 Å². The lowest BCUT2D eigenvalue weighted by Gasteiger charge is -2.06. The molecule has 0 saturated heterocycles. The number of hydrogen-bond acceptors (Lipinski definition) is 8. The van der Waals surface area contributed by atoms with E-state index >= 15 is 0 Å². The van der Waals surface area contributed by atoms with E-state index in [0.717, 1.165) is 16.3 Å². The molecule has 25 heavy (non-hydrogen) atoms. The summed E-state index contributed by atoms with van der Waals surface area (Å²) in [5.74, 6) is -0.112. The van der Waals surface area contributed by atoms with Crippen molar-refractivity contribution in [3.63, 3.8) is 0 Å². The highest BCUT2D eigenvalue weighted by atomic mass is 32.2. The van der Waals surface area contributed by atoms with Crippen molar-refractivity contribution >= 4 is 17.7 Å². The Morgan fingerprint density at radius 1 is 1.44 bits per heavy atom. The van der Waals surface area contributed by atoms with Crippen molar-refractivity contribution in [3.8, 4) is 0 Å². The average molecular weight is 366 g/mol. The van der Waals surface area contributed by atoms with Crippen LogP contribution in [0.5, 0.6) is 0 Å². The quantitative estimate of drug-likeness (QED) is 0.411. The fourth-order valence-corrected chi connectivity index (χ4v) is 2.64. The van der Waals surface area contributed by atoms with Gasteiger partial charge < -0.3 is 14.1 Å². The van der Waals surface area contributed by atoms with Crippen molar-refractivity contribution in [2.45, 2.75) is 32.0 Å². The number of esters is 1. The van der Waals surface area contributed by atoms with Crippen molar-refractivity contribution in [3.05, 3.63) is 50.6 Å². The van der Waals surface area contributed by atoms with Crippen LogP contribution in [0.15, 0.2) is 31.9 Å². The zero-order chi connectivity index (χ0) is 18.4. The predicted molar refractivity (Wildman–Crippen MR) is 90.7 cm³/mol. The molecule has 2 aromatic heterocycles. The molecule has 0 aliphatic heterocycles. The summed E-state index contributed by atoms with van der Waals surface area (Å²) < 4.78 is 11.3. The number of aromatic nitrogens is 4. The van der Waals surface area contributed by atoms with E-state index in [1.54, 1.807) is 13.8 Å². The van der Waals surface area contributed by atoms with Crippen molar-refractivity contribution in [2.75, 3.05) is 12.4 Å². The maximum absolute atomic E-state index is 12.4. The predicted octanol–water partition coefficient (Wildman–Crippen LogP) is 0.660. The first-order valence-corrected chi connectivity index (χ1v) is 8.49. The van der Waals surface area contributed by atoms with Crippen LogP contribution in [-0.2, 0) is 22.5 Å². The summed E-state index contributed by atoms with van der Waals surface area (Å²) in [6.07, 6.45) is 1.54. The molecule has 0 unspecified atom stereocenters. The van der Waals surface area contributed by atoms with Crippen molar-refractivity contribution in [2.24, 2.45) is 0 Å². The molecular weight excluding hydrogens is 348 g/mol. The van der Waals surface area contributed by atoms with Gasteiger partial charge in [-0.2, -0.15) is 0 Å². The van der Waals surface area contributed by atoms with Gasteiger partial charge in [-0.3, -0.25) is 14.2 Å². The second kappa shape index (κ2) is 8.47. The molecule has 1 N–H and O–H groups in total. The van der Waals surface area contributed by atoms with Crippen LogP contribution in [0.3, 0.4) is 0 Å². The molecule has 2 rings (SSSR count). The summed E-state index contributed by atoms with van der Waals surface area (Å²) in [4.78, 5) is 38.2. The summed E-state index contributed by atoms with van der Waals surface area (Å²) in [7, 11) is 0. The number of aryl methyl sites for hydroxylation is 1. The Labute approximate surface area is 147 Å². The van der Waals surface area contributed by atoms with Gasteiger partial charge in [0.05, 0.1) is 13.0 Å². The first kappa shape index (κ1) is 18.7. The van der Waals surface area contributed by atoms with E-state index < -0.39 is 11.2 Å². The highest BCUT2D eigenvalue weighted by Gasteiger charge is 2.16. The Morgan fingerprint density at radius 2 is 2.20 bits per heavy atom. The molecule has 0 saturated carbocycles. The normalized spacial score (nSPS) is 10.6. The van der Waals surface area contributed by atoms with Gasteiger partial charge in [-0.1, -0.05) is 17.8 Å². The minimum absolute atomic E-state index is 0.0549. The van der Waals surface area contributed by atoms with Gasteiger partial charge in [0.2, 0.25) is 5.89 Å². The zero-order valence-corrected chi connectivity index (χ0v) is 14.7. The van der Waals surface area contributed by atoms with E-state index in [1.807, 2.05) is 0 Å². The number of carbonyl (C=O) groups is 1. The standard InChI is InChI=1S/C15H18N4O5S/c1-4-6-19-13(21)10(9(3)16-14(19)22)7-11-17-18-15(24-11)25-8-12(20)23-5-2/h4H,1,5-8H2,2-3H3,(H,16,22). The molecule has 0 atom stereocenters. The number of hydrogen-bond donors (Lipinski definition) is 1. The largest absolute Gasteiger partial charge is 0.465 e. The molecule has 10 heteroatoms. The topological polar surface area (TPSA) is 120 Å². The van der Waals surface area contributed by atoms with Gasteiger partial charge in [-0.25, -0.2) is 4.79 Å². The Balaban J connectivity index is 2.17. The number of H-pyrrole nitrogens is 1. The van der Waals surface area contributed by atoms with Crippen molar-refractivity contribution in [1.82, 2.24) is 19.7 Å². The minimum atomic E-state index is -0.498. The van der Waals surface area contributed by atoms with E-state index in [-0.39, 0.29) is 35.8 Å². The molecule has 0 radical (unpaired) electrons. The second-order valence-electron chi connectivity index (χ2n) is 4.97. The van der Waals surface area contributed by atoms with Crippen LogP contribution >= 0.6 is 11.8 Å². The molecule has 0 aliphatic rings. The SMILES string of the molecule is C=CCn1c(=O)[nH]c(C)c(Cc2nnc(SCC(=O)OCC)o2)c1=O. The number of allylic oxidation sites excluding steroid dienone is 1. The maximum Gasteiger partial charge on any atom is 0.328 e. The Kier molecular flexibility index (Phi) is 6.34. The van der Waals surface area contributed by atoms with Gasteiger partial charge >= 0.3 is 11.7 Å². The molecular formula is C15H18N4O5S. The van der Waals surface area contributed by atoms with Gasteiger partial charge in [0, 0.05) is 17.8 Å². The molecule has 0 aromatic carbocycles. The van der Waals surface area contributed by atoms with Gasteiger partial charge in [-0.15, -0.1) is 16.8 Å².